The van der Waals surface area contributed by atoms with Gasteiger partial charge >= 0.3 is 5.97 Å². The molecule has 18 heavy (non-hydrogen) atoms. The standard InChI is InChI=1S/C12H10BrFN2O2/c1-6-3-7(4-8(13)11(6)14)10-5-9(12(17)18)15-16(10)2/h3-5H,1-2H3,(H,17,18). The lowest BCUT2D eigenvalue weighted by molar-refractivity contribution is 0.0689. The van der Waals surface area contributed by atoms with Gasteiger partial charge in [-0.05, 0) is 46.6 Å². The molecule has 94 valence electrons. The Bertz CT molecular complexity index is 614. The fourth-order valence-corrected chi connectivity index (χ4v) is 2.28. The predicted molar refractivity (Wildman–Crippen MR) is 68.0 cm³/mol. The first-order valence-electron chi connectivity index (χ1n) is 5.13. The Morgan fingerprint density at radius 2 is 2.11 bits per heavy atom. The van der Waals surface area contributed by atoms with Gasteiger partial charge in [0.1, 0.15) is 5.82 Å². The van der Waals surface area contributed by atoms with Crippen molar-refractivity contribution < 1.29 is 14.3 Å². The molecule has 0 aliphatic heterocycles. The second-order valence-corrected chi connectivity index (χ2v) is 4.79. The second kappa shape index (κ2) is 4.53. The van der Waals surface area contributed by atoms with Gasteiger partial charge in [0.05, 0.1) is 10.2 Å². The lowest BCUT2D eigenvalue weighted by Gasteiger charge is -2.06. The molecule has 0 bridgehead atoms. The largest absolute Gasteiger partial charge is 0.476 e. The molecule has 0 aliphatic rings. The maximum Gasteiger partial charge on any atom is 0.356 e. The quantitative estimate of drug-likeness (QED) is 0.927. The van der Waals surface area contributed by atoms with E-state index < -0.39 is 5.97 Å². The Balaban J connectivity index is 2.58. The van der Waals surface area contributed by atoms with Crippen LogP contribution in [0.5, 0.6) is 0 Å². The molecule has 1 aromatic carbocycles. The summed E-state index contributed by atoms with van der Waals surface area (Å²) in [4.78, 5) is 10.8. The third kappa shape index (κ3) is 2.15. The van der Waals surface area contributed by atoms with Gasteiger partial charge in [0, 0.05) is 12.6 Å². The van der Waals surface area contributed by atoms with Crippen LogP contribution in [-0.2, 0) is 7.05 Å². The lowest BCUT2D eigenvalue weighted by atomic mass is 10.1. The number of aromatic carboxylic acids is 1. The van der Waals surface area contributed by atoms with Gasteiger partial charge in [0.15, 0.2) is 5.69 Å². The van der Waals surface area contributed by atoms with Crippen LogP contribution in [0.3, 0.4) is 0 Å². The van der Waals surface area contributed by atoms with E-state index in [0.29, 0.717) is 21.3 Å². The molecule has 2 aromatic rings. The van der Waals surface area contributed by atoms with Gasteiger partial charge in [-0.1, -0.05) is 0 Å². The van der Waals surface area contributed by atoms with Crippen molar-refractivity contribution in [2.24, 2.45) is 7.05 Å². The van der Waals surface area contributed by atoms with E-state index in [1.807, 2.05) is 0 Å². The number of carboxylic acid groups (broad SMARTS) is 1. The average Bonchev–Trinajstić information content (AvgIpc) is 2.68. The molecule has 1 N–H and O–H groups in total. The Labute approximate surface area is 111 Å². The molecule has 0 radical (unpaired) electrons. The summed E-state index contributed by atoms with van der Waals surface area (Å²) in [5, 5.41) is 12.8. The van der Waals surface area contributed by atoms with Crippen molar-refractivity contribution in [1.82, 2.24) is 9.78 Å². The first-order valence-corrected chi connectivity index (χ1v) is 5.93. The highest BCUT2D eigenvalue weighted by atomic mass is 79.9. The zero-order chi connectivity index (χ0) is 13.4. The van der Waals surface area contributed by atoms with Gasteiger partial charge in [0.25, 0.3) is 0 Å². The van der Waals surface area contributed by atoms with Crippen molar-refractivity contribution in [3.8, 4) is 11.3 Å². The highest BCUT2D eigenvalue weighted by molar-refractivity contribution is 9.10. The van der Waals surface area contributed by atoms with E-state index in [0.717, 1.165) is 0 Å². The zero-order valence-corrected chi connectivity index (χ0v) is 11.3. The van der Waals surface area contributed by atoms with E-state index in [9.17, 15) is 9.18 Å². The summed E-state index contributed by atoms with van der Waals surface area (Å²) in [7, 11) is 1.65. The fraction of sp³-hybridized carbons (Fsp3) is 0.167. The van der Waals surface area contributed by atoms with Crippen molar-refractivity contribution in [1.29, 1.82) is 0 Å². The van der Waals surface area contributed by atoms with Crippen molar-refractivity contribution in [2.75, 3.05) is 0 Å². The molecule has 0 fully saturated rings. The summed E-state index contributed by atoms with van der Waals surface area (Å²) < 4.78 is 15.3. The SMILES string of the molecule is Cc1cc(-c2cc(C(=O)O)nn2C)cc(Br)c1F. The van der Waals surface area contributed by atoms with Crippen LogP contribution in [0.2, 0.25) is 0 Å². The summed E-state index contributed by atoms with van der Waals surface area (Å²) >= 11 is 3.13. The van der Waals surface area contributed by atoms with Crippen molar-refractivity contribution in [3.63, 3.8) is 0 Å². The Kier molecular flexibility index (Phi) is 3.21. The van der Waals surface area contributed by atoms with Crippen LogP contribution in [0.4, 0.5) is 4.39 Å². The van der Waals surface area contributed by atoms with Gasteiger partial charge in [-0.3, -0.25) is 4.68 Å². The minimum absolute atomic E-state index is 0.0365. The number of rotatable bonds is 2. The van der Waals surface area contributed by atoms with Gasteiger partial charge in [-0.2, -0.15) is 5.10 Å². The number of benzene rings is 1. The first-order chi connectivity index (χ1) is 8.40. The van der Waals surface area contributed by atoms with Crippen molar-refractivity contribution in [2.45, 2.75) is 6.92 Å². The summed E-state index contributed by atoms with van der Waals surface area (Å²) in [6, 6.07) is 4.72. The third-order valence-corrected chi connectivity index (χ3v) is 3.18. The van der Waals surface area contributed by atoms with E-state index in [-0.39, 0.29) is 11.5 Å². The summed E-state index contributed by atoms with van der Waals surface area (Å²) in [5.41, 5.74) is 1.78. The molecule has 1 heterocycles. The highest BCUT2D eigenvalue weighted by Gasteiger charge is 2.14. The van der Waals surface area contributed by atoms with E-state index in [1.165, 1.54) is 10.7 Å². The lowest BCUT2D eigenvalue weighted by Crippen LogP contribution is -1.99. The van der Waals surface area contributed by atoms with Crippen LogP contribution < -0.4 is 0 Å². The molecule has 0 saturated carbocycles. The molecule has 0 atom stereocenters. The van der Waals surface area contributed by atoms with E-state index in [1.54, 1.807) is 26.1 Å². The predicted octanol–water partition coefficient (Wildman–Crippen LogP) is 3.00. The number of hydrogen-bond acceptors (Lipinski definition) is 2. The highest BCUT2D eigenvalue weighted by Crippen LogP contribution is 2.28. The topological polar surface area (TPSA) is 55.1 Å². The smallest absolute Gasteiger partial charge is 0.356 e. The maximum absolute atomic E-state index is 13.5. The fourth-order valence-electron chi connectivity index (χ4n) is 1.72. The van der Waals surface area contributed by atoms with Crippen LogP contribution in [0.15, 0.2) is 22.7 Å². The average molecular weight is 313 g/mol. The number of carboxylic acids is 1. The van der Waals surface area contributed by atoms with Crippen molar-refractivity contribution in [3.05, 3.63) is 39.7 Å². The molecular weight excluding hydrogens is 303 g/mol. The van der Waals surface area contributed by atoms with Crippen LogP contribution >= 0.6 is 15.9 Å². The molecule has 0 amide bonds. The van der Waals surface area contributed by atoms with Crippen molar-refractivity contribution >= 4 is 21.9 Å². The molecule has 0 spiro atoms. The maximum atomic E-state index is 13.5. The minimum Gasteiger partial charge on any atom is -0.476 e. The van der Waals surface area contributed by atoms with Gasteiger partial charge in [-0.15, -0.1) is 0 Å². The Morgan fingerprint density at radius 3 is 2.61 bits per heavy atom. The van der Waals surface area contributed by atoms with E-state index >= 15 is 0 Å². The number of halogens is 2. The summed E-state index contributed by atoms with van der Waals surface area (Å²) in [5.74, 6) is -1.41. The Morgan fingerprint density at radius 1 is 1.44 bits per heavy atom. The van der Waals surface area contributed by atoms with E-state index in [2.05, 4.69) is 21.0 Å². The molecule has 1 aromatic heterocycles. The van der Waals surface area contributed by atoms with E-state index in [4.69, 9.17) is 5.11 Å². The normalized spacial score (nSPS) is 10.7. The molecule has 4 nitrogen and oxygen atoms in total. The zero-order valence-electron chi connectivity index (χ0n) is 9.74. The van der Waals surface area contributed by atoms with Gasteiger partial charge < -0.3 is 5.11 Å². The monoisotopic (exact) mass is 312 g/mol. The van der Waals surface area contributed by atoms with Crippen LogP contribution in [0.25, 0.3) is 11.3 Å². The number of carbonyl (C=O) groups is 1. The minimum atomic E-state index is -1.09. The number of aromatic nitrogens is 2. The van der Waals surface area contributed by atoms with Gasteiger partial charge in [-0.25, -0.2) is 9.18 Å². The molecule has 0 aliphatic carbocycles. The molecule has 0 saturated heterocycles. The number of hydrogen-bond donors (Lipinski definition) is 1. The molecule has 2 rings (SSSR count). The van der Waals surface area contributed by atoms with Crippen LogP contribution in [0.1, 0.15) is 16.1 Å². The molecule has 0 unspecified atom stereocenters. The second-order valence-electron chi connectivity index (χ2n) is 3.93. The number of nitrogens with zero attached hydrogens (tertiary/aromatic N) is 2. The summed E-state index contributed by atoms with van der Waals surface area (Å²) in [6.45, 7) is 1.65. The van der Waals surface area contributed by atoms with Crippen LogP contribution in [0, 0.1) is 12.7 Å². The molecule has 6 heteroatoms. The first kappa shape index (κ1) is 12.8. The van der Waals surface area contributed by atoms with Gasteiger partial charge in [0.2, 0.25) is 0 Å². The van der Waals surface area contributed by atoms with Crippen LogP contribution in [-0.4, -0.2) is 20.9 Å². The number of aryl methyl sites for hydroxylation is 2. The third-order valence-electron chi connectivity index (χ3n) is 2.60. The molecular formula is C12H10BrFN2O2. The summed E-state index contributed by atoms with van der Waals surface area (Å²) in [6.07, 6.45) is 0. The Hall–Kier alpha value is -1.69.